The highest BCUT2D eigenvalue weighted by Crippen LogP contribution is 1.95. The molecule has 0 unspecified atom stereocenters. The number of allylic oxidation sites excluding steroid dienone is 2. The molecule has 0 atom stereocenters. The first-order valence-corrected chi connectivity index (χ1v) is 3.20. The van der Waals surface area contributed by atoms with Gasteiger partial charge in [0.15, 0.2) is 0 Å². The standard InChI is InChI=1S/C8H11NO2/c1-3-4-5-6-7(2)11-8(9)10/h6H,5H2,1-2H3,(H2,9,10). The lowest BCUT2D eigenvalue weighted by molar-refractivity contribution is 0.187. The summed E-state index contributed by atoms with van der Waals surface area (Å²) < 4.78 is 4.53. The number of amides is 1. The zero-order valence-electron chi connectivity index (χ0n) is 6.68. The quantitative estimate of drug-likeness (QED) is 0.481. The van der Waals surface area contributed by atoms with Gasteiger partial charge in [0, 0.05) is 6.42 Å². The van der Waals surface area contributed by atoms with E-state index in [4.69, 9.17) is 5.73 Å². The number of primary amides is 1. The smallest absolute Gasteiger partial charge is 0.409 e. The van der Waals surface area contributed by atoms with Crippen LogP contribution >= 0.6 is 0 Å². The molecule has 0 bridgehead atoms. The van der Waals surface area contributed by atoms with E-state index in [1.165, 1.54) is 0 Å². The molecule has 0 spiro atoms. The predicted octanol–water partition coefficient (Wildman–Crippen LogP) is 1.40. The Hall–Kier alpha value is -1.43. The molecule has 3 nitrogen and oxygen atoms in total. The van der Waals surface area contributed by atoms with Gasteiger partial charge in [-0.2, -0.15) is 0 Å². The van der Waals surface area contributed by atoms with Crippen molar-refractivity contribution in [3.8, 4) is 11.8 Å². The zero-order chi connectivity index (χ0) is 8.69. The molecule has 0 aliphatic carbocycles. The van der Waals surface area contributed by atoms with Gasteiger partial charge in [-0.05, 0) is 19.9 Å². The first-order valence-electron chi connectivity index (χ1n) is 3.20. The minimum atomic E-state index is -0.789. The van der Waals surface area contributed by atoms with Crippen LogP contribution in [0.1, 0.15) is 20.3 Å². The molecule has 11 heavy (non-hydrogen) atoms. The summed E-state index contributed by atoms with van der Waals surface area (Å²) in [4.78, 5) is 10.2. The lowest BCUT2D eigenvalue weighted by Gasteiger charge is -1.97. The minimum absolute atomic E-state index is 0.486. The molecule has 0 aromatic rings. The maximum absolute atomic E-state index is 10.2. The average Bonchev–Trinajstić information content (AvgIpc) is 1.86. The summed E-state index contributed by atoms with van der Waals surface area (Å²) in [6.45, 7) is 3.40. The third-order valence-corrected chi connectivity index (χ3v) is 0.930. The highest BCUT2D eigenvalue weighted by Gasteiger charge is 1.92. The highest BCUT2D eigenvalue weighted by atomic mass is 16.5. The van der Waals surface area contributed by atoms with Crippen LogP contribution in [0, 0.1) is 11.8 Å². The first-order chi connectivity index (χ1) is 5.16. The number of nitrogens with two attached hydrogens (primary N) is 1. The van der Waals surface area contributed by atoms with Crippen molar-refractivity contribution in [2.75, 3.05) is 0 Å². The maximum atomic E-state index is 10.2. The summed E-state index contributed by atoms with van der Waals surface area (Å²) in [6.07, 6.45) is 1.49. The molecule has 0 aromatic carbocycles. The van der Waals surface area contributed by atoms with Crippen molar-refractivity contribution in [2.45, 2.75) is 20.3 Å². The molecule has 60 valence electrons. The van der Waals surface area contributed by atoms with Crippen molar-refractivity contribution in [3.63, 3.8) is 0 Å². The molecule has 0 rings (SSSR count). The van der Waals surface area contributed by atoms with Crippen molar-refractivity contribution in [2.24, 2.45) is 5.73 Å². The molecule has 0 heterocycles. The summed E-state index contributed by atoms with van der Waals surface area (Å²) >= 11 is 0. The molecule has 0 saturated heterocycles. The van der Waals surface area contributed by atoms with E-state index in [0.29, 0.717) is 12.2 Å². The average molecular weight is 153 g/mol. The Bertz CT molecular complexity index is 220. The van der Waals surface area contributed by atoms with E-state index >= 15 is 0 Å². The summed E-state index contributed by atoms with van der Waals surface area (Å²) in [5.41, 5.74) is 4.76. The maximum Gasteiger partial charge on any atom is 0.409 e. The van der Waals surface area contributed by atoms with E-state index in [0.717, 1.165) is 0 Å². The van der Waals surface area contributed by atoms with E-state index < -0.39 is 6.09 Å². The fourth-order valence-corrected chi connectivity index (χ4v) is 0.497. The van der Waals surface area contributed by atoms with E-state index in [9.17, 15) is 4.79 Å². The monoisotopic (exact) mass is 153 g/mol. The second-order valence-electron chi connectivity index (χ2n) is 1.87. The van der Waals surface area contributed by atoms with Gasteiger partial charge in [-0.3, -0.25) is 0 Å². The van der Waals surface area contributed by atoms with Crippen molar-refractivity contribution in [1.29, 1.82) is 0 Å². The number of carbonyl (C=O) groups excluding carboxylic acids is 1. The van der Waals surface area contributed by atoms with Crippen molar-refractivity contribution in [3.05, 3.63) is 11.8 Å². The number of rotatable bonds is 2. The van der Waals surface area contributed by atoms with Crippen LogP contribution in [0.4, 0.5) is 4.79 Å². The topological polar surface area (TPSA) is 52.3 Å². The second-order valence-corrected chi connectivity index (χ2v) is 1.87. The van der Waals surface area contributed by atoms with Gasteiger partial charge in [0.05, 0.1) is 0 Å². The molecule has 3 heteroatoms. The lowest BCUT2D eigenvalue weighted by atomic mass is 10.3. The molecular formula is C8H11NO2. The normalized spacial score (nSPS) is 9.82. The Kier molecular flexibility index (Phi) is 4.67. The van der Waals surface area contributed by atoms with Gasteiger partial charge in [0.2, 0.25) is 0 Å². The molecule has 0 aliphatic heterocycles. The van der Waals surface area contributed by atoms with Crippen molar-refractivity contribution >= 4 is 6.09 Å². The van der Waals surface area contributed by atoms with Crippen molar-refractivity contribution in [1.82, 2.24) is 0 Å². The molecule has 0 aromatic heterocycles. The number of ether oxygens (including phenoxy) is 1. The Labute approximate surface area is 66.2 Å². The molecule has 2 N–H and O–H groups in total. The van der Waals surface area contributed by atoms with E-state index in [1.54, 1.807) is 19.9 Å². The molecule has 0 aliphatic rings. The third kappa shape index (κ3) is 6.46. The van der Waals surface area contributed by atoms with Crippen molar-refractivity contribution < 1.29 is 9.53 Å². The Morgan fingerprint density at radius 1 is 1.73 bits per heavy atom. The first kappa shape index (κ1) is 9.57. The molecule has 1 amide bonds. The number of carbonyl (C=O) groups is 1. The second kappa shape index (κ2) is 5.36. The Morgan fingerprint density at radius 3 is 2.82 bits per heavy atom. The Balaban J connectivity index is 3.78. The van der Waals surface area contributed by atoms with Crippen LogP contribution < -0.4 is 5.73 Å². The van der Waals surface area contributed by atoms with Gasteiger partial charge >= 0.3 is 6.09 Å². The third-order valence-electron chi connectivity index (χ3n) is 0.930. The van der Waals surface area contributed by atoms with Crippen LogP contribution in [0.25, 0.3) is 0 Å². The summed E-state index contributed by atoms with van der Waals surface area (Å²) in [7, 11) is 0. The van der Waals surface area contributed by atoms with Crippen LogP contribution in [0.5, 0.6) is 0 Å². The SMILES string of the molecule is CC#CCC=C(C)OC(N)=O. The lowest BCUT2D eigenvalue weighted by Crippen LogP contribution is -2.11. The van der Waals surface area contributed by atoms with Gasteiger partial charge in [-0.1, -0.05) is 5.92 Å². The van der Waals surface area contributed by atoms with Crippen LogP contribution in [-0.2, 0) is 4.74 Å². The predicted molar refractivity (Wildman–Crippen MR) is 42.5 cm³/mol. The molecule has 0 saturated carbocycles. The summed E-state index contributed by atoms with van der Waals surface area (Å²) in [5.74, 6) is 5.99. The number of hydrogen-bond acceptors (Lipinski definition) is 2. The van der Waals surface area contributed by atoms with Crippen LogP contribution in [0.3, 0.4) is 0 Å². The van der Waals surface area contributed by atoms with E-state index in [2.05, 4.69) is 16.6 Å². The largest absolute Gasteiger partial charge is 0.416 e. The zero-order valence-corrected chi connectivity index (χ0v) is 6.68. The molecular weight excluding hydrogens is 142 g/mol. The van der Waals surface area contributed by atoms with Crippen LogP contribution in [0.15, 0.2) is 11.8 Å². The van der Waals surface area contributed by atoms with Gasteiger partial charge in [0.25, 0.3) is 0 Å². The van der Waals surface area contributed by atoms with Gasteiger partial charge < -0.3 is 10.5 Å². The van der Waals surface area contributed by atoms with Gasteiger partial charge in [-0.15, -0.1) is 5.92 Å². The van der Waals surface area contributed by atoms with Crippen LogP contribution in [-0.4, -0.2) is 6.09 Å². The molecule has 0 radical (unpaired) electrons. The van der Waals surface area contributed by atoms with Gasteiger partial charge in [-0.25, -0.2) is 4.79 Å². The highest BCUT2D eigenvalue weighted by molar-refractivity contribution is 5.65. The Morgan fingerprint density at radius 2 is 2.36 bits per heavy atom. The van der Waals surface area contributed by atoms with Gasteiger partial charge in [0.1, 0.15) is 5.76 Å². The minimum Gasteiger partial charge on any atom is -0.416 e. The summed E-state index contributed by atoms with van der Waals surface area (Å²) in [5, 5.41) is 0. The van der Waals surface area contributed by atoms with E-state index in [1.807, 2.05) is 0 Å². The molecule has 0 fully saturated rings. The van der Waals surface area contributed by atoms with Crippen LogP contribution in [0.2, 0.25) is 0 Å². The fourth-order valence-electron chi connectivity index (χ4n) is 0.497. The number of hydrogen-bond donors (Lipinski definition) is 1. The van der Waals surface area contributed by atoms with E-state index in [-0.39, 0.29) is 0 Å². The fraction of sp³-hybridized carbons (Fsp3) is 0.375. The summed E-state index contributed by atoms with van der Waals surface area (Å²) in [6, 6.07) is 0.